The molecule has 3 rings (SSSR count). The molecule has 1 aliphatic heterocycles. The fraction of sp³-hybridized carbons (Fsp3) is 0.263. The van der Waals surface area contributed by atoms with E-state index in [1.807, 2.05) is 6.07 Å². The van der Waals surface area contributed by atoms with E-state index in [4.69, 9.17) is 14.2 Å². The van der Waals surface area contributed by atoms with Crippen molar-refractivity contribution in [2.24, 2.45) is 0 Å². The molecule has 1 amide bonds. The number of hydrogen-bond donors (Lipinski definition) is 1. The Hall–Kier alpha value is -2.74. The van der Waals surface area contributed by atoms with Crippen molar-refractivity contribution in [3.8, 4) is 11.5 Å². The Labute approximate surface area is 160 Å². The number of halogens is 1. The van der Waals surface area contributed by atoms with Crippen molar-refractivity contribution in [2.45, 2.75) is 17.9 Å². The van der Waals surface area contributed by atoms with Crippen LogP contribution < -0.4 is 14.8 Å². The summed E-state index contributed by atoms with van der Waals surface area (Å²) in [7, 11) is 0. The van der Waals surface area contributed by atoms with E-state index >= 15 is 0 Å². The first-order chi connectivity index (χ1) is 13.0. The van der Waals surface area contributed by atoms with Gasteiger partial charge in [0.1, 0.15) is 19.0 Å². The highest BCUT2D eigenvalue weighted by molar-refractivity contribution is 8.00. The Morgan fingerprint density at radius 1 is 1.15 bits per heavy atom. The molecule has 0 bridgehead atoms. The molecule has 6 nitrogen and oxygen atoms in total. The van der Waals surface area contributed by atoms with E-state index in [9.17, 15) is 14.0 Å². The number of benzene rings is 2. The van der Waals surface area contributed by atoms with E-state index in [-0.39, 0.29) is 5.75 Å². The van der Waals surface area contributed by atoms with E-state index in [0.717, 1.165) is 4.90 Å². The van der Waals surface area contributed by atoms with Gasteiger partial charge in [-0.3, -0.25) is 9.59 Å². The summed E-state index contributed by atoms with van der Waals surface area (Å²) < 4.78 is 29.0. The zero-order valence-electron chi connectivity index (χ0n) is 14.6. The van der Waals surface area contributed by atoms with Crippen molar-refractivity contribution >= 4 is 29.3 Å². The second-order valence-corrected chi connectivity index (χ2v) is 6.77. The van der Waals surface area contributed by atoms with Crippen LogP contribution in [-0.2, 0) is 14.3 Å². The standard InChI is InChI=1S/C19H18FNO5S/c1-12(19(23)21-14-4-2-13(20)3-5-14)26-18(22)11-27-15-6-7-16-17(10-15)25-9-8-24-16/h2-7,10,12H,8-9,11H2,1H3,(H,21,23)/t12-/m0/s1. The maximum absolute atomic E-state index is 12.9. The summed E-state index contributed by atoms with van der Waals surface area (Å²) in [5.74, 6) is -0.0288. The molecule has 1 atom stereocenters. The van der Waals surface area contributed by atoms with Gasteiger partial charge in [-0.2, -0.15) is 0 Å². The highest BCUT2D eigenvalue weighted by Gasteiger charge is 2.19. The number of hydrogen-bond acceptors (Lipinski definition) is 6. The molecule has 2 aromatic carbocycles. The van der Waals surface area contributed by atoms with Crippen LogP contribution in [0.4, 0.5) is 10.1 Å². The van der Waals surface area contributed by atoms with Crippen LogP contribution in [0.1, 0.15) is 6.92 Å². The molecule has 0 saturated carbocycles. The number of esters is 1. The van der Waals surface area contributed by atoms with Crippen LogP contribution in [0, 0.1) is 5.82 Å². The largest absolute Gasteiger partial charge is 0.486 e. The lowest BCUT2D eigenvalue weighted by Crippen LogP contribution is -2.30. The molecule has 0 aromatic heterocycles. The Morgan fingerprint density at radius 2 is 1.85 bits per heavy atom. The third-order valence-electron chi connectivity index (χ3n) is 3.66. The Balaban J connectivity index is 1.47. The molecule has 142 valence electrons. The molecule has 1 aliphatic rings. The minimum absolute atomic E-state index is 0.0494. The number of carbonyl (C=O) groups excluding carboxylic acids is 2. The molecule has 0 saturated heterocycles. The molecule has 1 N–H and O–H groups in total. The molecule has 27 heavy (non-hydrogen) atoms. The van der Waals surface area contributed by atoms with Gasteiger partial charge in [-0.15, -0.1) is 11.8 Å². The van der Waals surface area contributed by atoms with Gasteiger partial charge in [0, 0.05) is 10.6 Å². The molecule has 1 heterocycles. The van der Waals surface area contributed by atoms with Gasteiger partial charge < -0.3 is 19.5 Å². The maximum Gasteiger partial charge on any atom is 0.317 e. The summed E-state index contributed by atoms with van der Waals surface area (Å²) in [6, 6.07) is 10.7. The Bertz CT molecular complexity index is 827. The number of rotatable bonds is 6. The van der Waals surface area contributed by atoms with Crippen LogP contribution in [0.25, 0.3) is 0 Å². The Kier molecular flexibility index (Phi) is 6.18. The summed E-state index contributed by atoms with van der Waals surface area (Å²) in [5.41, 5.74) is 0.426. The van der Waals surface area contributed by atoms with Gasteiger partial charge in [0.25, 0.3) is 5.91 Å². The lowest BCUT2D eigenvalue weighted by atomic mass is 10.3. The van der Waals surface area contributed by atoms with Gasteiger partial charge >= 0.3 is 5.97 Å². The summed E-state index contributed by atoms with van der Waals surface area (Å²) in [6.45, 7) is 2.49. The third-order valence-corrected chi connectivity index (χ3v) is 4.63. The van der Waals surface area contributed by atoms with Crippen molar-refractivity contribution in [2.75, 3.05) is 24.3 Å². The van der Waals surface area contributed by atoms with E-state index in [2.05, 4.69) is 5.32 Å². The summed E-state index contributed by atoms with van der Waals surface area (Å²) in [6.07, 6.45) is -0.969. The SMILES string of the molecule is C[C@H](OC(=O)CSc1ccc2c(c1)OCCO2)C(=O)Nc1ccc(F)cc1. The molecule has 0 spiro atoms. The van der Waals surface area contributed by atoms with E-state index in [1.54, 1.807) is 12.1 Å². The quantitative estimate of drug-likeness (QED) is 0.602. The van der Waals surface area contributed by atoms with E-state index in [1.165, 1.54) is 43.0 Å². The first-order valence-corrected chi connectivity index (χ1v) is 9.28. The van der Waals surface area contributed by atoms with Crippen molar-refractivity contribution in [3.05, 3.63) is 48.3 Å². The zero-order chi connectivity index (χ0) is 19.2. The van der Waals surface area contributed by atoms with Crippen LogP contribution >= 0.6 is 11.8 Å². The predicted molar refractivity (Wildman–Crippen MR) is 98.7 cm³/mol. The van der Waals surface area contributed by atoms with Crippen LogP contribution in [-0.4, -0.2) is 36.9 Å². The van der Waals surface area contributed by atoms with Gasteiger partial charge in [-0.25, -0.2) is 4.39 Å². The van der Waals surface area contributed by atoms with E-state index in [0.29, 0.717) is 30.4 Å². The van der Waals surface area contributed by atoms with E-state index < -0.39 is 23.8 Å². The number of fused-ring (bicyclic) bond motifs is 1. The highest BCUT2D eigenvalue weighted by Crippen LogP contribution is 2.34. The minimum atomic E-state index is -0.969. The van der Waals surface area contributed by atoms with Crippen molar-refractivity contribution in [1.82, 2.24) is 0 Å². The smallest absolute Gasteiger partial charge is 0.317 e. The van der Waals surface area contributed by atoms with Gasteiger partial charge in [0.15, 0.2) is 17.6 Å². The molecular formula is C19H18FNO5S. The molecule has 0 fully saturated rings. The number of anilines is 1. The highest BCUT2D eigenvalue weighted by atomic mass is 32.2. The minimum Gasteiger partial charge on any atom is -0.486 e. The molecular weight excluding hydrogens is 373 g/mol. The lowest BCUT2D eigenvalue weighted by molar-refractivity contribution is -0.150. The van der Waals surface area contributed by atoms with Crippen LogP contribution in [0.2, 0.25) is 0 Å². The molecule has 2 aromatic rings. The summed E-state index contributed by atoms with van der Waals surface area (Å²) >= 11 is 1.28. The molecule has 0 aliphatic carbocycles. The maximum atomic E-state index is 12.9. The van der Waals surface area contributed by atoms with Crippen molar-refractivity contribution < 1.29 is 28.2 Å². The predicted octanol–water partition coefficient (Wildman–Crippen LogP) is 3.26. The summed E-state index contributed by atoms with van der Waals surface area (Å²) in [4.78, 5) is 24.9. The molecule has 0 unspecified atom stereocenters. The number of nitrogens with one attached hydrogen (secondary N) is 1. The normalized spacial score (nSPS) is 13.6. The van der Waals surface area contributed by atoms with Crippen molar-refractivity contribution in [1.29, 1.82) is 0 Å². The van der Waals surface area contributed by atoms with Crippen LogP contribution in [0.15, 0.2) is 47.4 Å². The third kappa shape index (κ3) is 5.37. The first-order valence-electron chi connectivity index (χ1n) is 8.29. The zero-order valence-corrected chi connectivity index (χ0v) is 15.4. The lowest BCUT2D eigenvalue weighted by Gasteiger charge is -2.18. The number of carbonyl (C=O) groups is 2. The second-order valence-electron chi connectivity index (χ2n) is 5.72. The second kappa shape index (κ2) is 8.77. The monoisotopic (exact) mass is 391 g/mol. The number of amides is 1. The van der Waals surface area contributed by atoms with Crippen molar-refractivity contribution in [3.63, 3.8) is 0 Å². The fourth-order valence-electron chi connectivity index (χ4n) is 2.32. The number of ether oxygens (including phenoxy) is 3. The Morgan fingerprint density at radius 3 is 2.59 bits per heavy atom. The van der Waals surface area contributed by atoms with Crippen LogP contribution in [0.5, 0.6) is 11.5 Å². The van der Waals surface area contributed by atoms with Gasteiger partial charge in [-0.1, -0.05) is 0 Å². The molecule has 8 heteroatoms. The average molecular weight is 391 g/mol. The fourth-order valence-corrected chi connectivity index (χ4v) is 3.02. The van der Waals surface area contributed by atoms with Crippen LogP contribution in [0.3, 0.4) is 0 Å². The molecule has 0 radical (unpaired) electrons. The van der Waals surface area contributed by atoms with Gasteiger partial charge in [0.2, 0.25) is 0 Å². The summed E-state index contributed by atoms with van der Waals surface area (Å²) in [5, 5.41) is 2.56. The van der Waals surface area contributed by atoms with Gasteiger partial charge in [0.05, 0.1) is 5.75 Å². The number of thioether (sulfide) groups is 1. The topological polar surface area (TPSA) is 73.9 Å². The first kappa shape index (κ1) is 19.0. The van der Waals surface area contributed by atoms with Gasteiger partial charge in [-0.05, 0) is 49.4 Å². The average Bonchev–Trinajstić information content (AvgIpc) is 2.68.